The lowest BCUT2D eigenvalue weighted by Crippen LogP contribution is -2.54. The van der Waals surface area contributed by atoms with Crippen molar-refractivity contribution in [2.75, 3.05) is 11.5 Å². The number of carbonyl (C=O) groups is 3. The topological polar surface area (TPSA) is 75.7 Å². The van der Waals surface area contributed by atoms with Gasteiger partial charge in [0.25, 0.3) is 11.8 Å². The standard InChI is InChI=1S/C26H21FN2O4/c1-2-33-21-13-11-20(12-14-21)29-25(31)22(24(30)28-26(29)32)16-18-8-4-3-7-17(18)15-19-9-5-6-10-23(19)27/h3-14,16H,2,15H2,1H3,(H,28,30,32)/b22-16+. The van der Waals surface area contributed by atoms with Crippen molar-refractivity contribution >= 4 is 29.6 Å². The Morgan fingerprint density at radius 2 is 1.58 bits per heavy atom. The molecule has 1 aliphatic heterocycles. The van der Waals surface area contributed by atoms with Crippen molar-refractivity contribution in [1.82, 2.24) is 5.32 Å². The summed E-state index contributed by atoms with van der Waals surface area (Å²) in [6.07, 6.45) is 1.71. The van der Waals surface area contributed by atoms with Crippen molar-refractivity contribution < 1.29 is 23.5 Å². The Kier molecular flexibility index (Phi) is 6.31. The largest absolute Gasteiger partial charge is 0.494 e. The third kappa shape index (κ3) is 4.67. The number of rotatable bonds is 6. The summed E-state index contributed by atoms with van der Waals surface area (Å²) in [4.78, 5) is 39.0. The molecule has 0 unspecified atom stereocenters. The van der Waals surface area contributed by atoms with E-state index in [1.54, 1.807) is 66.7 Å². The van der Waals surface area contributed by atoms with Gasteiger partial charge >= 0.3 is 6.03 Å². The SMILES string of the molecule is CCOc1ccc(N2C(=O)NC(=O)/C(=C\c3ccccc3Cc3ccccc3F)C2=O)cc1. The second-order valence-corrected chi connectivity index (χ2v) is 7.35. The van der Waals surface area contributed by atoms with E-state index in [-0.39, 0.29) is 17.8 Å². The maximum absolute atomic E-state index is 14.2. The molecule has 0 aromatic heterocycles. The first kappa shape index (κ1) is 22.0. The zero-order valence-electron chi connectivity index (χ0n) is 17.9. The number of ether oxygens (including phenoxy) is 1. The van der Waals surface area contributed by atoms with Crippen LogP contribution in [0.1, 0.15) is 23.6 Å². The van der Waals surface area contributed by atoms with Gasteiger partial charge in [-0.25, -0.2) is 14.1 Å². The van der Waals surface area contributed by atoms with E-state index in [1.807, 2.05) is 6.92 Å². The molecule has 1 aliphatic rings. The predicted octanol–water partition coefficient (Wildman–Crippen LogP) is 4.48. The zero-order valence-corrected chi connectivity index (χ0v) is 17.9. The van der Waals surface area contributed by atoms with Crippen LogP contribution >= 0.6 is 0 Å². The molecule has 0 aliphatic carbocycles. The number of benzene rings is 3. The molecule has 4 rings (SSSR count). The van der Waals surface area contributed by atoms with E-state index >= 15 is 0 Å². The van der Waals surface area contributed by atoms with E-state index in [1.165, 1.54) is 12.1 Å². The second kappa shape index (κ2) is 9.48. The van der Waals surface area contributed by atoms with Gasteiger partial charge in [0.15, 0.2) is 0 Å². The van der Waals surface area contributed by atoms with Gasteiger partial charge in [-0.1, -0.05) is 42.5 Å². The van der Waals surface area contributed by atoms with Crippen molar-refractivity contribution in [1.29, 1.82) is 0 Å². The molecule has 6 nitrogen and oxygen atoms in total. The van der Waals surface area contributed by atoms with Crippen LogP contribution in [0.15, 0.2) is 78.4 Å². The summed E-state index contributed by atoms with van der Waals surface area (Å²) >= 11 is 0. The summed E-state index contributed by atoms with van der Waals surface area (Å²) in [6.45, 7) is 2.33. The minimum Gasteiger partial charge on any atom is -0.494 e. The number of urea groups is 1. The molecule has 7 heteroatoms. The van der Waals surface area contributed by atoms with E-state index in [9.17, 15) is 18.8 Å². The van der Waals surface area contributed by atoms with Crippen molar-refractivity contribution in [3.63, 3.8) is 0 Å². The average Bonchev–Trinajstić information content (AvgIpc) is 2.80. The van der Waals surface area contributed by atoms with Gasteiger partial charge in [-0.05, 0) is 60.0 Å². The van der Waals surface area contributed by atoms with Crippen LogP contribution in [0.5, 0.6) is 5.75 Å². The van der Waals surface area contributed by atoms with Crippen LogP contribution in [0.4, 0.5) is 14.9 Å². The maximum atomic E-state index is 14.2. The molecule has 3 aromatic rings. The van der Waals surface area contributed by atoms with Crippen LogP contribution in [-0.2, 0) is 16.0 Å². The average molecular weight is 444 g/mol. The van der Waals surface area contributed by atoms with Crippen LogP contribution in [-0.4, -0.2) is 24.5 Å². The fourth-order valence-corrected chi connectivity index (χ4v) is 3.59. The molecule has 0 radical (unpaired) electrons. The molecular weight excluding hydrogens is 423 g/mol. The molecule has 1 N–H and O–H groups in total. The predicted molar refractivity (Wildman–Crippen MR) is 122 cm³/mol. The number of nitrogens with one attached hydrogen (secondary N) is 1. The van der Waals surface area contributed by atoms with E-state index in [2.05, 4.69) is 5.32 Å². The third-order valence-electron chi connectivity index (χ3n) is 5.20. The van der Waals surface area contributed by atoms with Crippen molar-refractivity contribution in [3.05, 3.63) is 101 Å². The first-order valence-corrected chi connectivity index (χ1v) is 10.4. The molecule has 0 spiro atoms. The van der Waals surface area contributed by atoms with Crippen LogP contribution < -0.4 is 15.0 Å². The highest BCUT2D eigenvalue weighted by molar-refractivity contribution is 6.39. The third-order valence-corrected chi connectivity index (χ3v) is 5.20. The van der Waals surface area contributed by atoms with E-state index < -0.39 is 17.8 Å². The minimum absolute atomic E-state index is 0.190. The number of barbiturate groups is 1. The van der Waals surface area contributed by atoms with Gasteiger partial charge in [-0.2, -0.15) is 0 Å². The van der Waals surface area contributed by atoms with Crippen LogP contribution in [0, 0.1) is 5.82 Å². The van der Waals surface area contributed by atoms with Gasteiger partial charge in [0.05, 0.1) is 12.3 Å². The molecule has 0 bridgehead atoms. The number of imide groups is 2. The first-order chi connectivity index (χ1) is 16.0. The molecule has 3 aromatic carbocycles. The summed E-state index contributed by atoms with van der Waals surface area (Å²) in [5, 5.41) is 2.21. The van der Waals surface area contributed by atoms with Gasteiger partial charge in [-0.3, -0.25) is 14.9 Å². The molecule has 1 heterocycles. The molecule has 1 fully saturated rings. The Morgan fingerprint density at radius 3 is 2.27 bits per heavy atom. The molecular formula is C26H21FN2O4. The van der Waals surface area contributed by atoms with Crippen molar-refractivity contribution in [3.8, 4) is 5.75 Å². The van der Waals surface area contributed by atoms with Crippen LogP contribution in [0.25, 0.3) is 6.08 Å². The molecule has 4 amide bonds. The van der Waals surface area contributed by atoms with Gasteiger partial charge < -0.3 is 4.74 Å². The fraction of sp³-hybridized carbons (Fsp3) is 0.115. The van der Waals surface area contributed by atoms with E-state index in [0.29, 0.717) is 29.2 Å². The number of anilines is 1. The first-order valence-electron chi connectivity index (χ1n) is 10.4. The summed E-state index contributed by atoms with van der Waals surface area (Å²) in [5.74, 6) is -1.26. The molecule has 1 saturated heterocycles. The van der Waals surface area contributed by atoms with Gasteiger partial charge in [0, 0.05) is 6.42 Å². The zero-order chi connectivity index (χ0) is 23.4. The number of amides is 4. The summed E-state index contributed by atoms with van der Waals surface area (Å²) in [6, 6.07) is 19.1. The van der Waals surface area contributed by atoms with Crippen LogP contribution in [0.2, 0.25) is 0 Å². The summed E-state index contributed by atoms with van der Waals surface area (Å²) in [5.41, 5.74) is 1.93. The maximum Gasteiger partial charge on any atom is 0.335 e. The quantitative estimate of drug-likeness (QED) is 0.449. The Hall–Kier alpha value is -4.26. The Morgan fingerprint density at radius 1 is 0.909 bits per heavy atom. The van der Waals surface area contributed by atoms with Crippen molar-refractivity contribution in [2.45, 2.75) is 13.3 Å². The highest BCUT2D eigenvalue weighted by Crippen LogP contribution is 2.25. The van der Waals surface area contributed by atoms with E-state index in [0.717, 1.165) is 10.5 Å². The highest BCUT2D eigenvalue weighted by atomic mass is 19.1. The number of nitrogens with zero attached hydrogens (tertiary/aromatic N) is 1. The lowest BCUT2D eigenvalue weighted by molar-refractivity contribution is -0.122. The van der Waals surface area contributed by atoms with Gasteiger partial charge in [0.2, 0.25) is 0 Å². The lowest BCUT2D eigenvalue weighted by Gasteiger charge is -2.26. The monoisotopic (exact) mass is 444 g/mol. The number of hydrogen-bond acceptors (Lipinski definition) is 4. The number of carbonyl (C=O) groups excluding carboxylic acids is 3. The Balaban J connectivity index is 1.68. The smallest absolute Gasteiger partial charge is 0.335 e. The molecule has 166 valence electrons. The summed E-state index contributed by atoms with van der Waals surface area (Å²) < 4.78 is 19.6. The van der Waals surface area contributed by atoms with Crippen molar-refractivity contribution in [2.24, 2.45) is 0 Å². The van der Waals surface area contributed by atoms with E-state index in [4.69, 9.17) is 4.74 Å². The number of hydrogen-bond donors (Lipinski definition) is 1. The molecule has 0 saturated carbocycles. The Labute approximate surface area is 190 Å². The van der Waals surface area contributed by atoms with Gasteiger partial charge in [-0.15, -0.1) is 0 Å². The molecule has 0 atom stereocenters. The lowest BCUT2D eigenvalue weighted by atomic mass is 9.97. The van der Waals surface area contributed by atoms with Gasteiger partial charge in [0.1, 0.15) is 17.1 Å². The highest BCUT2D eigenvalue weighted by Gasteiger charge is 2.36. The minimum atomic E-state index is -0.828. The van der Waals surface area contributed by atoms with Crippen LogP contribution in [0.3, 0.4) is 0 Å². The molecule has 33 heavy (non-hydrogen) atoms. The normalized spacial score (nSPS) is 15.0. The summed E-state index contributed by atoms with van der Waals surface area (Å²) in [7, 11) is 0. The number of halogens is 1. The Bertz CT molecular complexity index is 1250. The fourth-order valence-electron chi connectivity index (χ4n) is 3.59. The second-order valence-electron chi connectivity index (χ2n) is 7.35.